The summed E-state index contributed by atoms with van der Waals surface area (Å²) in [5.41, 5.74) is 3.12. The van der Waals surface area contributed by atoms with E-state index in [-0.39, 0.29) is 35.6 Å². The van der Waals surface area contributed by atoms with Crippen LogP contribution in [-0.4, -0.2) is 54.6 Å². The van der Waals surface area contributed by atoms with E-state index in [1.165, 1.54) is 50.4 Å². The molecular weight excluding hydrogens is 435 g/mol. The molecule has 10 heteroatoms. The van der Waals surface area contributed by atoms with Gasteiger partial charge in [0.25, 0.3) is 0 Å². The molecule has 0 fully saturated rings. The average molecular weight is 459 g/mol. The highest BCUT2D eigenvalue weighted by atomic mass is 32.2. The Morgan fingerprint density at radius 3 is 2.59 bits per heavy atom. The molecule has 0 saturated carbocycles. The van der Waals surface area contributed by atoms with Crippen LogP contribution in [0.4, 0.5) is 10.1 Å². The van der Waals surface area contributed by atoms with Crippen LogP contribution >= 0.6 is 0 Å². The van der Waals surface area contributed by atoms with Crippen molar-refractivity contribution in [2.75, 3.05) is 25.5 Å². The number of sulfonamides is 1. The fourth-order valence-corrected chi connectivity index (χ4v) is 4.99. The van der Waals surface area contributed by atoms with Gasteiger partial charge < -0.3 is 15.2 Å². The third-order valence-electron chi connectivity index (χ3n) is 5.53. The van der Waals surface area contributed by atoms with Crippen LogP contribution in [-0.2, 0) is 32.6 Å². The van der Waals surface area contributed by atoms with E-state index in [1.807, 2.05) is 0 Å². The standard InChI is InChI=1S/C22H23FN4O4S/c1-14(28)24-16-4-6-17(7-5-16)32(30,31)26(2)13-22(29)27-10-9-21-19(12-27)18-11-15(23)3-8-20(18)25-21/h3-8,11,25H,9-10,12-13H2,1-2H3,(H,24,28). The molecule has 1 aromatic heterocycles. The summed E-state index contributed by atoms with van der Waals surface area (Å²) in [6.45, 7) is 1.78. The molecule has 0 atom stereocenters. The molecule has 1 aliphatic rings. The fourth-order valence-electron chi connectivity index (χ4n) is 3.87. The Labute approximate surface area is 185 Å². The van der Waals surface area contributed by atoms with Crippen LogP contribution in [0.3, 0.4) is 0 Å². The number of nitrogens with zero attached hydrogens (tertiary/aromatic N) is 2. The van der Waals surface area contributed by atoms with E-state index in [4.69, 9.17) is 0 Å². The third kappa shape index (κ3) is 4.23. The number of carbonyl (C=O) groups is 2. The largest absolute Gasteiger partial charge is 0.358 e. The summed E-state index contributed by atoms with van der Waals surface area (Å²) in [5.74, 6) is -0.939. The van der Waals surface area contributed by atoms with Gasteiger partial charge in [0, 0.05) is 61.3 Å². The van der Waals surface area contributed by atoms with Crippen molar-refractivity contribution in [2.45, 2.75) is 24.8 Å². The van der Waals surface area contributed by atoms with E-state index in [0.717, 1.165) is 26.5 Å². The lowest BCUT2D eigenvalue weighted by molar-refractivity contribution is -0.132. The van der Waals surface area contributed by atoms with Gasteiger partial charge >= 0.3 is 0 Å². The molecule has 0 spiro atoms. The molecule has 0 radical (unpaired) electrons. The second kappa shape index (κ2) is 8.36. The number of aromatic amines is 1. The second-order valence-corrected chi connectivity index (χ2v) is 9.85. The number of nitrogens with one attached hydrogen (secondary N) is 2. The van der Waals surface area contributed by atoms with Crippen molar-refractivity contribution in [2.24, 2.45) is 0 Å². The third-order valence-corrected chi connectivity index (χ3v) is 7.35. The Balaban J connectivity index is 1.47. The molecule has 4 rings (SSSR count). The zero-order valence-electron chi connectivity index (χ0n) is 17.7. The highest BCUT2D eigenvalue weighted by Gasteiger charge is 2.28. The van der Waals surface area contributed by atoms with E-state index in [1.54, 1.807) is 11.0 Å². The van der Waals surface area contributed by atoms with Crippen molar-refractivity contribution in [1.29, 1.82) is 0 Å². The monoisotopic (exact) mass is 458 g/mol. The maximum Gasteiger partial charge on any atom is 0.243 e. The number of rotatable bonds is 5. The van der Waals surface area contributed by atoms with Gasteiger partial charge in [-0.1, -0.05) is 0 Å². The van der Waals surface area contributed by atoms with E-state index >= 15 is 0 Å². The number of anilines is 1. The summed E-state index contributed by atoms with van der Waals surface area (Å²) < 4.78 is 40.5. The summed E-state index contributed by atoms with van der Waals surface area (Å²) in [7, 11) is -2.54. The van der Waals surface area contributed by atoms with E-state index < -0.39 is 10.0 Å². The molecule has 2 aromatic carbocycles. The Morgan fingerprint density at radius 2 is 1.91 bits per heavy atom. The zero-order valence-corrected chi connectivity index (χ0v) is 18.5. The van der Waals surface area contributed by atoms with E-state index in [0.29, 0.717) is 18.7 Å². The van der Waals surface area contributed by atoms with Gasteiger partial charge in [-0.2, -0.15) is 4.31 Å². The first-order chi connectivity index (χ1) is 15.1. The lowest BCUT2D eigenvalue weighted by Crippen LogP contribution is -2.43. The van der Waals surface area contributed by atoms with Crippen LogP contribution in [0.15, 0.2) is 47.4 Å². The molecule has 0 aliphatic carbocycles. The lowest BCUT2D eigenvalue weighted by atomic mass is 10.0. The zero-order chi connectivity index (χ0) is 23.0. The number of fused-ring (bicyclic) bond motifs is 3. The molecule has 3 aromatic rings. The molecular formula is C22H23FN4O4S. The summed E-state index contributed by atoms with van der Waals surface area (Å²) in [4.78, 5) is 28.9. The first-order valence-electron chi connectivity index (χ1n) is 10.1. The molecule has 168 valence electrons. The van der Waals surface area contributed by atoms with Crippen LogP contribution < -0.4 is 5.32 Å². The predicted molar refractivity (Wildman–Crippen MR) is 118 cm³/mol. The van der Waals surface area contributed by atoms with Crippen LogP contribution in [0.5, 0.6) is 0 Å². The smallest absolute Gasteiger partial charge is 0.243 e. The summed E-state index contributed by atoms with van der Waals surface area (Å²) in [6, 6.07) is 10.3. The first kappa shape index (κ1) is 22.0. The average Bonchev–Trinajstić information content (AvgIpc) is 3.10. The SMILES string of the molecule is CC(=O)Nc1ccc(S(=O)(=O)N(C)CC(=O)N2CCc3[nH]c4ccc(F)cc4c3C2)cc1. The van der Waals surface area contributed by atoms with Gasteiger partial charge in [0.1, 0.15) is 5.82 Å². The molecule has 0 saturated heterocycles. The highest BCUT2D eigenvalue weighted by molar-refractivity contribution is 7.89. The number of benzene rings is 2. The van der Waals surface area contributed by atoms with Crippen molar-refractivity contribution < 1.29 is 22.4 Å². The van der Waals surface area contributed by atoms with Gasteiger partial charge in [-0.3, -0.25) is 9.59 Å². The molecule has 2 heterocycles. The highest BCUT2D eigenvalue weighted by Crippen LogP contribution is 2.28. The fraction of sp³-hybridized carbons (Fsp3) is 0.273. The van der Waals surface area contributed by atoms with Crippen molar-refractivity contribution in [3.8, 4) is 0 Å². The maximum absolute atomic E-state index is 13.7. The number of carbonyl (C=O) groups excluding carboxylic acids is 2. The number of H-pyrrole nitrogens is 1. The van der Waals surface area contributed by atoms with Gasteiger partial charge in [0.2, 0.25) is 21.8 Å². The number of hydrogen-bond donors (Lipinski definition) is 2. The van der Waals surface area contributed by atoms with Crippen LogP contribution in [0.2, 0.25) is 0 Å². The van der Waals surface area contributed by atoms with Crippen molar-refractivity contribution in [3.63, 3.8) is 0 Å². The number of halogens is 1. The number of hydrogen-bond acceptors (Lipinski definition) is 4. The molecule has 0 unspecified atom stereocenters. The van der Waals surface area contributed by atoms with Gasteiger partial charge in [-0.15, -0.1) is 0 Å². The number of amides is 2. The van der Waals surface area contributed by atoms with Crippen molar-refractivity contribution >= 4 is 38.4 Å². The minimum absolute atomic E-state index is 0.0231. The summed E-state index contributed by atoms with van der Waals surface area (Å²) in [5, 5.41) is 3.31. The number of likely N-dealkylation sites (N-methyl/N-ethyl adjacent to an activating group) is 1. The van der Waals surface area contributed by atoms with Gasteiger partial charge in [-0.25, -0.2) is 12.8 Å². The van der Waals surface area contributed by atoms with E-state index in [2.05, 4.69) is 10.3 Å². The first-order valence-corrected chi connectivity index (χ1v) is 11.5. The Kier molecular flexibility index (Phi) is 5.74. The summed E-state index contributed by atoms with van der Waals surface area (Å²) in [6.07, 6.45) is 0.582. The molecule has 8 nitrogen and oxygen atoms in total. The normalized spacial score (nSPS) is 13.9. The van der Waals surface area contributed by atoms with Gasteiger partial charge in [0.15, 0.2) is 0 Å². The quantitative estimate of drug-likeness (QED) is 0.613. The Morgan fingerprint density at radius 1 is 1.19 bits per heavy atom. The minimum Gasteiger partial charge on any atom is -0.358 e. The minimum atomic E-state index is -3.89. The number of aromatic nitrogens is 1. The Hall–Kier alpha value is -3.24. The summed E-state index contributed by atoms with van der Waals surface area (Å²) >= 11 is 0. The molecule has 0 bridgehead atoms. The molecule has 1 aliphatic heterocycles. The van der Waals surface area contributed by atoms with Crippen molar-refractivity contribution in [1.82, 2.24) is 14.2 Å². The van der Waals surface area contributed by atoms with Crippen LogP contribution in [0, 0.1) is 5.82 Å². The molecule has 2 N–H and O–H groups in total. The van der Waals surface area contributed by atoms with Crippen LogP contribution in [0.25, 0.3) is 10.9 Å². The second-order valence-electron chi connectivity index (χ2n) is 7.80. The van der Waals surface area contributed by atoms with Crippen LogP contribution in [0.1, 0.15) is 18.2 Å². The molecule has 2 amide bonds. The van der Waals surface area contributed by atoms with Gasteiger partial charge in [-0.05, 0) is 42.5 Å². The van der Waals surface area contributed by atoms with Gasteiger partial charge in [0.05, 0.1) is 11.4 Å². The maximum atomic E-state index is 13.7. The molecule has 32 heavy (non-hydrogen) atoms. The topological polar surface area (TPSA) is 103 Å². The van der Waals surface area contributed by atoms with Crippen molar-refractivity contribution in [3.05, 3.63) is 59.5 Å². The Bertz CT molecular complexity index is 1300. The predicted octanol–water partition coefficient (Wildman–Crippen LogP) is 2.47. The van der Waals surface area contributed by atoms with E-state index in [9.17, 15) is 22.4 Å². The lowest BCUT2D eigenvalue weighted by Gasteiger charge is -2.29.